The number of rotatable bonds is 6. The number of hydrogen-bond acceptors (Lipinski definition) is 5. The monoisotopic (exact) mass is 439 g/mol. The fourth-order valence-corrected chi connectivity index (χ4v) is 4.29. The van der Waals surface area contributed by atoms with Crippen molar-refractivity contribution < 1.29 is 19.3 Å². The van der Waals surface area contributed by atoms with Crippen molar-refractivity contribution >= 4 is 24.0 Å². The molecule has 0 aliphatic carbocycles. The van der Waals surface area contributed by atoms with E-state index in [-0.39, 0.29) is 24.6 Å². The zero-order valence-electron chi connectivity index (χ0n) is 16.5. The molecule has 4 rings (SSSR count). The van der Waals surface area contributed by atoms with Crippen LogP contribution in [0.3, 0.4) is 0 Å². The summed E-state index contributed by atoms with van der Waals surface area (Å²) in [5.74, 6) is 2.29. The van der Waals surface area contributed by atoms with Gasteiger partial charge in [-0.15, -0.1) is 12.4 Å². The smallest absolute Gasteiger partial charge is 0.161 e. The van der Waals surface area contributed by atoms with Crippen LogP contribution in [-0.4, -0.2) is 55.1 Å². The number of piperidine rings is 1. The number of β-amino-alcohol motifs (C(OH)–C–C–N with tert-alkyl or cyclic N) is 1. The normalized spacial score (nSPS) is 18.4. The van der Waals surface area contributed by atoms with E-state index in [2.05, 4.69) is 4.90 Å². The molecule has 2 aromatic carbocycles. The topological polar surface area (TPSA) is 51.2 Å². The second-order valence-electron chi connectivity index (χ2n) is 7.63. The van der Waals surface area contributed by atoms with E-state index in [1.54, 1.807) is 7.11 Å². The fraction of sp³-hybridized carbons (Fsp3) is 0.455. The molecule has 0 amide bonds. The van der Waals surface area contributed by atoms with Crippen LogP contribution in [0.4, 0.5) is 0 Å². The molecule has 158 valence electrons. The summed E-state index contributed by atoms with van der Waals surface area (Å²) >= 11 is 6.11. The van der Waals surface area contributed by atoms with E-state index in [1.165, 1.54) is 5.56 Å². The molecule has 1 atom stereocenters. The van der Waals surface area contributed by atoms with Gasteiger partial charge in [0.2, 0.25) is 0 Å². The van der Waals surface area contributed by atoms with Crippen LogP contribution < -0.4 is 14.2 Å². The summed E-state index contributed by atoms with van der Waals surface area (Å²) in [5, 5.41) is 11.2. The number of ether oxygens (including phenoxy) is 3. The quantitative estimate of drug-likeness (QED) is 0.737. The molecule has 1 saturated heterocycles. The summed E-state index contributed by atoms with van der Waals surface area (Å²) in [6.45, 7) is 2.62. The molecule has 5 nitrogen and oxygen atoms in total. The van der Waals surface area contributed by atoms with Crippen LogP contribution in [0.5, 0.6) is 17.2 Å². The van der Waals surface area contributed by atoms with Gasteiger partial charge in [0.25, 0.3) is 0 Å². The molecule has 29 heavy (non-hydrogen) atoms. The van der Waals surface area contributed by atoms with E-state index in [0.29, 0.717) is 18.0 Å². The van der Waals surface area contributed by atoms with Crippen LogP contribution >= 0.6 is 24.0 Å². The number of para-hydroxylation sites is 2. The molecule has 0 aromatic heterocycles. The minimum atomic E-state index is -0.556. The van der Waals surface area contributed by atoms with Gasteiger partial charge in [0.05, 0.1) is 7.11 Å². The fourth-order valence-electron chi connectivity index (χ4n) is 4.10. The first-order valence-electron chi connectivity index (χ1n) is 9.71. The first kappa shape index (κ1) is 22.0. The lowest BCUT2D eigenvalue weighted by atomic mass is 9.87. The van der Waals surface area contributed by atoms with Crippen LogP contribution in [0.25, 0.3) is 0 Å². The second-order valence-corrected chi connectivity index (χ2v) is 8.07. The number of nitrogens with zero attached hydrogens (tertiary/aromatic N) is 1. The number of fused-ring (bicyclic) bond motifs is 1. The van der Waals surface area contributed by atoms with E-state index < -0.39 is 6.10 Å². The van der Waals surface area contributed by atoms with Crippen LogP contribution in [-0.2, 0) is 6.42 Å². The minimum absolute atomic E-state index is 0. The van der Waals surface area contributed by atoms with Crippen molar-refractivity contribution in [2.24, 2.45) is 0 Å². The lowest BCUT2D eigenvalue weighted by Gasteiger charge is -2.39. The van der Waals surface area contributed by atoms with E-state index in [9.17, 15) is 5.11 Å². The maximum absolute atomic E-state index is 10.4. The van der Waals surface area contributed by atoms with Crippen LogP contribution in [0.2, 0.25) is 5.02 Å². The Labute approximate surface area is 182 Å². The molecule has 2 heterocycles. The summed E-state index contributed by atoms with van der Waals surface area (Å²) in [5.41, 5.74) is 1.08. The number of aliphatic hydroxyl groups excluding tert-OH is 1. The van der Waals surface area contributed by atoms with Crippen molar-refractivity contribution in [3.63, 3.8) is 0 Å². The molecule has 1 fully saturated rings. The van der Waals surface area contributed by atoms with Crippen LogP contribution in [0.1, 0.15) is 18.4 Å². The van der Waals surface area contributed by atoms with Crippen molar-refractivity contribution in [3.05, 3.63) is 53.1 Å². The number of benzene rings is 2. The van der Waals surface area contributed by atoms with Crippen molar-refractivity contribution in [3.8, 4) is 17.2 Å². The van der Waals surface area contributed by atoms with E-state index in [4.69, 9.17) is 25.8 Å². The Bertz CT molecular complexity index is 824. The zero-order valence-corrected chi connectivity index (χ0v) is 18.0. The lowest BCUT2D eigenvalue weighted by molar-refractivity contribution is -0.00210. The van der Waals surface area contributed by atoms with E-state index in [1.807, 2.05) is 42.5 Å². The summed E-state index contributed by atoms with van der Waals surface area (Å²) in [4.78, 5) is 2.28. The molecule has 0 unspecified atom stereocenters. The average Bonchev–Trinajstić information content (AvgIpc) is 3.05. The van der Waals surface area contributed by atoms with Crippen molar-refractivity contribution in [2.75, 3.05) is 33.4 Å². The second kappa shape index (κ2) is 9.43. The molecule has 0 radical (unpaired) electrons. The Morgan fingerprint density at radius 1 is 1.17 bits per heavy atom. The van der Waals surface area contributed by atoms with Gasteiger partial charge in [-0.3, -0.25) is 0 Å². The number of methoxy groups -OCH3 is 1. The predicted molar refractivity (Wildman–Crippen MR) is 116 cm³/mol. The average molecular weight is 440 g/mol. The van der Waals surface area contributed by atoms with Gasteiger partial charge in [-0.05, 0) is 35.9 Å². The Hall–Kier alpha value is -1.66. The van der Waals surface area contributed by atoms with Crippen molar-refractivity contribution in [1.29, 1.82) is 0 Å². The molecule has 1 N–H and O–H groups in total. The Balaban J connectivity index is 0.00000240. The number of halogens is 2. The molecule has 1 spiro atoms. The van der Waals surface area contributed by atoms with Gasteiger partial charge >= 0.3 is 0 Å². The lowest BCUT2D eigenvalue weighted by Crippen LogP contribution is -2.49. The molecular weight excluding hydrogens is 413 g/mol. The standard InChI is InChI=1S/C22H26ClNO4.ClH/c1-26-20-4-2-3-5-21(20)27-15-18(25)14-24-10-8-22(9-11-24)13-16-12-17(23)6-7-19(16)28-22;/h2-7,12,18,25H,8-11,13-15H2,1H3;1H/t18-;/m0./s1. The highest BCUT2D eigenvalue weighted by atomic mass is 35.5. The Morgan fingerprint density at radius 3 is 2.62 bits per heavy atom. The minimum Gasteiger partial charge on any atom is -0.493 e. The first-order valence-corrected chi connectivity index (χ1v) is 10.1. The zero-order chi connectivity index (χ0) is 19.6. The Kier molecular flexibility index (Phi) is 7.17. The first-order chi connectivity index (χ1) is 13.6. The molecule has 7 heteroatoms. The van der Waals surface area contributed by atoms with Crippen molar-refractivity contribution in [2.45, 2.75) is 31.0 Å². The van der Waals surface area contributed by atoms with Crippen LogP contribution in [0, 0.1) is 0 Å². The van der Waals surface area contributed by atoms with Gasteiger partial charge in [-0.2, -0.15) is 0 Å². The highest BCUT2D eigenvalue weighted by Crippen LogP contribution is 2.41. The van der Waals surface area contributed by atoms with Gasteiger partial charge in [0, 0.05) is 43.9 Å². The number of hydrogen-bond donors (Lipinski definition) is 1. The third kappa shape index (κ3) is 5.10. The van der Waals surface area contributed by atoms with Gasteiger partial charge in [0.15, 0.2) is 11.5 Å². The third-order valence-corrected chi connectivity index (χ3v) is 5.83. The molecule has 2 aliphatic heterocycles. The molecule has 2 aromatic rings. The van der Waals surface area contributed by atoms with E-state index in [0.717, 1.165) is 43.1 Å². The van der Waals surface area contributed by atoms with Crippen LogP contribution in [0.15, 0.2) is 42.5 Å². The molecular formula is C22H27Cl2NO4. The maximum Gasteiger partial charge on any atom is 0.161 e. The maximum atomic E-state index is 10.4. The van der Waals surface area contributed by atoms with Crippen molar-refractivity contribution in [1.82, 2.24) is 4.90 Å². The van der Waals surface area contributed by atoms with Gasteiger partial charge in [-0.25, -0.2) is 0 Å². The number of likely N-dealkylation sites (tertiary alicyclic amines) is 1. The highest BCUT2D eigenvalue weighted by molar-refractivity contribution is 6.30. The third-order valence-electron chi connectivity index (χ3n) is 5.60. The SMILES string of the molecule is COc1ccccc1OC[C@@H](O)CN1CCC2(CC1)Cc1cc(Cl)ccc1O2.Cl. The Morgan fingerprint density at radius 2 is 1.90 bits per heavy atom. The molecule has 2 aliphatic rings. The predicted octanol–water partition coefficient (Wildman–Crippen LogP) is 3.98. The summed E-state index contributed by atoms with van der Waals surface area (Å²) in [6.07, 6.45) is 2.24. The van der Waals surface area contributed by atoms with Gasteiger partial charge in [-0.1, -0.05) is 23.7 Å². The molecule has 0 bridgehead atoms. The summed E-state index contributed by atoms with van der Waals surface area (Å²) in [7, 11) is 1.61. The number of aliphatic hydroxyl groups is 1. The highest BCUT2D eigenvalue weighted by Gasteiger charge is 2.42. The summed E-state index contributed by atoms with van der Waals surface area (Å²) < 4.78 is 17.3. The largest absolute Gasteiger partial charge is 0.493 e. The van der Waals surface area contributed by atoms with E-state index >= 15 is 0 Å². The summed E-state index contributed by atoms with van der Waals surface area (Å²) in [6, 6.07) is 13.3. The molecule has 0 saturated carbocycles. The van der Waals surface area contributed by atoms with Gasteiger partial charge < -0.3 is 24.2 Å². The van der Waals surface area contributed by atoms with Gasteiger partial charge in [0.1, 0.15) is 24.1 Å².